The Labute approximate surface area is 199 Å². The first kappa shape index (κ1) is 25.2. The maximum atomic E-state index is 13.0. The zero-order valence-corrected chi connectivity index (χ0v) is 21.1. The largest absolute Gasteiger partial charge is 0.378 e. The van der Waals surface area contributed by atoms with Crippen LogP contribution >= 0.6 is 0 Å². The van der Waals surface area contributed by atoms with Gasteiger partial charge in [-0.25, -0.2) is 8.42 Å². The number of nitrogens with one attached hydrogen (secondary N) is 1. The van der Waals surface area contributed by atoms with Crippen molar-refractivity contribution >= 4 is 21.6 Å². The van der Waals surface area contributed by atoms with Crippen LogP contribution in [0.2, 0.25) is 0 Å². The standard InChI is InChI=1S/C26H37N3O3S/c1-20(2)22-9-13-25(14-10-22)33(31,32)29-18-15-23(16-19-29)26(30)27-17-5-6-21-7-11-24(12-8-21)28(3)4/h7-14,20,23H,5-6,15-19H2,1-4H3,(H,27,30). The van der Waals surface area contributed by atoms with Gasteiger partial charge in [0.05, 0.1) is 4.90 Å². The van der Waals surface area contributed by atoms with Gasteiger partial charge >= 0.3 is 0 Å². The predicted molar refractivity (Wildman–Crippen MR) is 134 cm³/mol. The van der Waals surface area contributed by atoms with Crippen molar-refractivity contribution in [2.24, 2.45) is 5.92 Å². The molecular formula is C26H37N3O3S. The predicted octanol–water partition coefficient (Wildman–Crippen LogP) is 4.03. The number of anilines is 1. The highest BCUT2D eigenvalue weighted by Gasteiger charge is 2.32. The normalized spacial score (nSPS) is 15.5. The first-order valence-electron chi connectivity index (χ1n) is 11.8. The molecule has 1 N–H and O–H groups in total. The average molecular weight is 472 g/mol. The summed E-state index contributed by atoms with van der Waals surface area (Å²) in [7, 11) is 0.529. The highest BCUT2D eigenvalue weighted by Crippen LogP contribution is 2.25. The molecular weight excluding hydrogens is 434 g/mol. The Morgan fingerprint density at radius 2 is 1.64 bits per heavy atom. The number of rotatable bonds is 9. The molecule has 1 heterocycles. The van der Waals surface area contributed by atoms with Crippen molar-refractivity contribution < 1.29 is 13.2 Å². The van der Waals surface area contributed by atoms with E-state index < -0.39 is 10.0 Å². The number of hydrogen-bond acceptors (Lipinski definition) is 4. The lowest BCUT2D eigenvalue weighted by molar-refractivity contribution is -0.126. The highest BCUT2D eigenvalue weighted by molar-refractivity contribution is 7.89. The van der Waals surface area contributed by atoms with E-state index >= 15 is 0 Å². The second-order valence-corrected chi connectivity index (χ2v) is 11.3. The monoisotopic (exact) mass is 471 g/mol. The topological polar surface area (TPSA) is 69.7 Å². The number of carbonyl (C=O) groups excluding carboxylic acids is 1. The van der Waals surface area contributed by atoms with Gasteiger partial charge in [-0.1, -0.05) is 38.1 Å². The Kier molecular flexibility index (Phi) is 8.54. The maximum Gasteiger partial charge on any atom is 0.243 e. The molecule has 3 rings (SSSR count). The van der Waals surface area contributed by atoms with Gasteiger partial charge < -0.3 is 10.2 Å². The van der Waals surface area contributed by atoms with E-state index in [9.17, 15) is 13.2 Å². The van der Waals surface area contributed by atoms with Crippen LogP contribution in [-0.2, 0) is 21.2 Å². The van der Waals surface area contributed by atoms with E-state index in [0.29, 0.717) is 43.3 Å². The van der Waals surface area contributed by atoms with E-state index in [4.69, 9.17) is 0 Å². The van der Waals surface area contributed by atoms with Crippen molar-refractivity contribution in [3.63, 3.8) is 0 Å². The minimum atomic E-state index is -3.52. The third kappa shape index (κ3) is 6.58. The lowest BCUT2D eigenvalue weighted by Crippen LogP contribution is -2.43. The molecule has 0 bridgehead atoms. The molecule has 1 aliphatic heterocycles. The second-order valence-electron chi connectivity index (χ2n) is 9.36. The Hall–Kier alpha value is -2.38. The lowest BCUT2D eigenvalue weighted by atomic mass is 9.97. The van der Waals surface area contributed by atoms with E-state index in [-0.39, 0.29) is 11.8 Å². The number of nitrogens with zero attached hydrogens (tertiary/aromatic N) is 2. The van der Waals surface area contributed by atoms with Gasteiger partial charge in [-0.3, -0.25) is 4.79 Å². The van der Waals surface area contributed by atoms with Crippen LogP contribution in [0.15, 0.2) is 53.4 Å². The van der Waals surface area contributed by atoms with E-state index in [1.807, 2.05) is 26.2 Å². The van der Waals surface area contributed by atoms with Crippen LogP contribution in [0.25, 0.3) is 0 Å². The summed E-state index contributed by atoms with van der Waals surface area (Å²) in [6, 6.07) is 15.6. The van der Waals surface area contributed by atoms with E-state index in [2.05, 4.69) is 48.3 Å². The second kappa shape index (κ2) is 11.2. The number of hydrogen-bond donors (Lipinski definition) is 1. The van der Waals surface area contributed by atoms with Crippen LogP contribution in [-0.4, -0.2) is 52.4 Å². The number of sulfonamides is 1. The molecule has 0 radical (unpaired) electrons. The number of benzene rings is 2. The first-order valence-corrected chi connectivity index (χ1v) is 13.3. The van der Waals surface area contributed by atoms with Crippen molar-refractivity contribution in [3.8, 4) is 0 Å². The Morgan fingerprint density at radius 1 is 1.03 bits per heavy atom. The molecule has 2 aromatic carbocycles. The Balaban J connectivity index is 1.42. The minimum absolute atomic E-state index is 0.0382. The number of piperidine rings is 1. The van der Waals surface area contributed by atoms with Crippen LogP contribution in [0.4, 0.5) is 5.69 Å². The highest BCUT2D eigenvalue weighted by atomic mass is 32.2. The SMILES string of the molecule is CC(C)c1ccc(S(=O)(=O)N2CCC(C(=O)NCCCc3ccc(N(C)C)cc3)CC2)cc1. The van der Waals surface area contributed by atoms with Gasteiger partial charge in [-0.15, -0.1) is 0 Å². The number of amides is 1. The third-order valence-electron chi connectivity index (χ3n) is 6.40. The third-order valence-corrected chi connectivity index (χ3v) is 8.32. The van der Waals surface area contributed by atoms with Crippen LogP contribution in [0, 0.1) is 5.92 Å². The fraction of sp³-hybridized carbons (Fsp3) is 0.500. The summed E-state index contributed by atoms with van der Waals surface area (Å²) in [5.41, 5.74) is 3.55. The molecule has 0 saturated carbocycles. The molecule has 6 nitrogen and oxygen atoms in total. The summed E-state index contributed by atoms with van der Waals surface area (Å²) in [5, 5.41) is 3.04. The van der Waals surface area contributed by atoms with Gasteiger partial charge in [-0.2, -0.15) is 4.31 Å². The Bertz CT molecular complexity index is 1010. The summed E-state index contributed by atoms with van der Waals surface area (Å²) < 4.78 is 27.5. The quantitative estimate of drug-likeness (QED) is 0.561. The molecule has 1 aliphatic rings. The number of carbonyl (C=O) groups is 1. The Morgan fingerprint density at radius 3 is 2.18 bits per heavy atom. The van der Waals surface area contributed by atoms with Crippen molar-refractivity contribution in [2.75, 3.05) is 38.6 Å². The van der Waals surface area contributed by atoms with Crippen molar-refractivity contribution in [2.45, 2.75) is 50.3 Å². The van der Waals surface area contributed by atoms with Gasteiger partial charge in [0, 0.05) is 45.3 Å². The molecule has 0 atom stereocenters. The molecule has 7 heteroatoms. The van der Waals surface area contributed by atoms with Crippen LogP contribution in [0.5, 0.6) is 0 Å². The molecule has 0 aliphatic carbocycles. The average Bonchev–Trinajstić information content (AvgIpc) is 2.82. The summed E-state index contributed by atoms with van der Waals surface area (Å²) in [6.07, 6.45) is 2.91. The van der Waals surface area contributed by atoms with Gasteiger partial charge in [-0.05, 0) is 67.0 Å². The molecule has 1 saturated heterocycles. The van der Waals surface area contributed by atoms with E-state index in [1.54, 1.807) is 12.1 Å². The molecule has 33 heavy (non-hydrogen) atoms. The van der Waals surface area contributed by atoms with E-state index in [0.717, 1.165) is 18.4 Å². The molecule has 180 valence electrons. The minimum Gasteiger partial charge on any atom is -0.378 e. The van der Waals surface area contributed by atoms with Gasteiger partial charge in [0.2, 0.25) is 15.9 Å². The molecule has 1 fully saturated rings. The zero-order chi connectivity index (χ0) is 24.0. The zero-order valence-electron chi connectivity index (χ0n) is 20.3. The number of aryl methyl sites for hydroxylation is 1. The van der Waals surface area contributed by atoms with Crippen molar-refractivity contribution in [3.05, 3.63) is 59.7 Å². The summed E-state index contributed by atoms with van der Waals surface area (Å²) in [4.78, 5) is 15.0. The molecule has 0 aromatic heterocycles. The van der Waals surface area contributed by atoms with E-state index in [1.165, 1.54) is 15.6 Å². The summed E-state index contributed by atoms with van der Waals surface area (Å²) >= 11 is 0. The van der Waals surface area contributed by atoms with Crippen molar-refractivity contribution in [1.82, 2.24) is 9.62 Å². The van der Waals surface area contributed by atoms with Crippen LogP contribution in [0.3, 0.4) is 0 Å². The summed E-state index contributed by atoms with van der Waals surface area (Å²) in [6.45, 7) is 5.56. The first-order chi connectivity index (χ1) is 15.7. The summed E-state index contributed by atoms with van der Waals surface area (Å²) in [5.74, 6) is 0.273. The maximum absolute atomic E-state index is 13.0. The molecule has 2 aromatic rings. The van der Waals surface area contributed by atoms with Crippen LogP contribution in [0.1, 0.15) is 50.2 Å². The molecule has 0 unspecified atom stereocenters. The molecule has 1 amide bonds. The van der Waals surface area contributed by atoms with Crippen LogP contribution < -0.4 is 10.2 Å². The van der Waals surface area contributed by atoms with Gasteiger partial charge in [0.15, 0.2) is 0 Å². The molecule has 0 spiro atoms. The fourth-order valence-electron chi connectivity index (χ4n) is 4.14. The van der Waals surface area contributed by atoms with Crippen molar-refractivity contribution in [1.29, 1.82) is 0 Å². The van der Waals surface area contributed by atoms with Gasteiger partial charge in [0.25, 0.3) is 0 Å². The smallest absolute Gasteiger partial charge is 0.243 e. The lowest BCUT2D eigenvalue weighted by Gasteiger charge is -2.30. The van der Waals surface area contributed by atoms with Gasteiger partial charge in [0.1, 0.15) is 0 Å². The fourth-order valence-corrected chi connectivity index (χ4v) is 5.61.